The lowest BCUT2D eigenvalue weighted by molar-refractivity contribution is 0.221. The van der Waals surface area contributed by atoms with E-state index < -0.39 is 0 Å². The van der Waals surface area contributed by atoms with Crippen LogP contribution in [0.15, 0.2) is 0 Å². The molecule has 0 amide bonds. The Labute approximate surface area is 112 Å². The third kappa shape index (κ3) is 5.22. The lowest BCUT2D eigenvalue weighted by atomic mass is 10.1. The molecule has 0 aromatic heterocycles. The van der Waals surface area contributed by atoms with Crippen LogP contribution < -0.4 is 10.6 Å². The molecule has 2 aliphatic rings. The van der Waals surface area contributed by atoms with Gasteiger partial charge in [0.1, 0.15) is 0 Å². The van der Waals surface area contributed by atoms with Crippen molar-refractivity contribution in [1.82, 2.24) is 20.4 Å². The van der Waals surface area contributed by atoms with Gasteiger partial charge in [-0.25, -0.2) is 0 Å². The van der Waals surface area contributed by atoms with Crippen molar-refractivity contribution in [1.29, 1.82) is 0 Å². The minimum absolute atomic E-state index is 0.739. The molecule has 2 aliphatic heterocycles. The van der Waals surface area contributed by atoms with Gasteiger partial charge in [-0.15, -0.1) is 0 Å². The first kappa shape index (κ1) is 14.3. The second-order valence-corrected chi connectivity index (χ2v) is 5.85. The lowest BCUT2D eigenvalue weighted by Gasteiger charge is -2.30. The number of nitrogens with one attached hydrogen (secondary N) is 2. The first-order valence-electron chi connectivity index (χ1n) is 7.69. The molecule has 2 fully saturated rings. The van der Waals surface area contributed by atoms with E-state index in [1.807, 2.05) is 0 Å². The van der Waals surface area contributed by atoms with Crippen molar-refractivity contribution in [2.24, 2.45) is 0 Å². The number of likely N-dealkylation sites (tertiary alicyclic amines) is 1. The zero-order chi connectivity index (χ0) is 12.6. The fourth-order valence-electron chi connectivity index (χ4n) is 3.03. The fraction of sp³-hybridized carbons (Fsp3) is 1.00. The van der Waals surface area contributed by atoms with Gasteiger partial charge in [-0.05, 0) is 52.4 Å². The summed E-state index contributed by atoms with van der Waals surface area (Å²) < 4.78 is 0. The maximum Gasteiger partial charge on any atom is 0.0195 e. The van der Waals surface area contributed by atoms with Crippen LogP contribution in [0.4, 0.5) is 0 Å². The second kappa shape index (κ2) is 8.10. The minimum Gasteiger partial charge on any atom is -0.314 e. The van der Waals surface area contributed by atoms with Gasteiger partial charge in [0.2, 0.25) is 0 Å². The molecule has 1 unspecified atom stereocenters. The largest absolute Gasteiger partial charge is 0.314 e. The van der Waals surface area contributed by atoms with E-state index in [-0.39, 0.29) is 0 Å². The van der Waals surface area contributed by atoms with Crippen LogP contribution in [0.3, 0.4) is 0 Å². The van der Waals surface area contributed by atoms with Crippen LogP contribution in [-0.4, -0.2) is 75.2 Å². The summed E-state index contributed by atoms with van der Waals surface area (Å²) in [5.41, 5.74) is 0. The third-order valence-corrected chi connectivity index (χ3v) is 4.17. The number of likely N-dealkylation sites (N-methyl/N-ethyl adjacent to an activating group) is 1. The average Bonchev–Trinajstić information content (AvgIpc) is 2.40. The van der Waals surface area contributed by atoms with Crippen molar-refractivity contribution in [3.8, 4) is 0 Å². The SMILES string of the molecule is CN1CCCC(NCCCCN2CCNCC2)C1. The van der Waals surface area contributed by atoms with E-state index in [1.54, 1.807) is 0 Å². The molecule has 0 bridgehead atoms. The summed E-state index contributed by atoms with van der Waals surface area (Å²) in [5, 5.41) is 7.12. The highest BCUT2D eigenvalue weighted by Gasteiger charge is 2.15. The first-order valence-corrected chi connectivity index (χ1v) is 7.69. The Morgan fingerprint density at radius 3 is 2.78 bits per heavy atom. The minimum atomic E-state index is 0.739. The summed E-state index contributed by atoms with van der Waals surface area (Å²) >= 11 is 0. The second-order valence-electron chi connectivity index (χ2n) is 5.85. The molecule has 2 saturated heterocycles. The highest BCUT2D eigenvalue weighted by atomic mass is 15.2. The van der Waals surface area contributed by atoms with E-state index in [4.69, 9.17) is 0 Å². The van der Waals surface area contributed by atoms with Crippen LogP contribution in [-0.2, 0) is 0 Å². The normalized spacial score (nSPS) is 27.5. The molecule has 0 radical (unpaired) electrons. The van der Waals surface area contributed by atoms with E-state index in [0.717, 1.165) is 6.04 Å². The van der Waals surface area contributed by atoms with Gasteiger partial charge < -0.3 is 20.4 Å². The molecule has 0 aromatic carbocycles. The summed E-state index contributed by atoms with van der Waals surface area (Å²) in [7, 11) is 2.23. The van der Waals surface area contributed by atoms with Gasteiger partial charge >= 0.3 is 0 Å². The van der Waals surface area contributed by atoms with Gasteiger partial charge in [0.05, 0.1) is 0 Å². The molecule has 2 rings (SSSR count). The molecule has 0 spiro atoms. The van der Waals surface area contributed by atoms with E-state index >= 15 is 0 Å². The summed E-state index contributed by atoms with van der Waals surface area (Å²) in [5.74, 6) is 0. The Morgan fingerprint density at radius 1 is 1.17 bits per heavy atom. The monoisotopic (exact) mass is 254 g/mol. The quantitative estimate of drug-likeness (QED) is 0.670. The number of nitrogens with zero attached hydrogens (tertiary/aromatic N) is 2. The third-order valence-electron chi connectivity index (χ3n) is 4.17. The van der Waals surface area contributed by atoms with Crippen LogP contribution in [0.2, 0.25) is 0 Å². The lowest BCUT2D eigenvalue weighted by Crippen LogP contribution is -2.45. The van der Waals surface area contributed by atoms with E-state index in [2.05, 4.69) is 27.5 Å². The molecule has 1 atom stereocenters. The summed E-state index contributed by atoms with van der Waals surface area (Å²) in [6, 6.07) is 0.739. The fourth-order valence-corrected chi connectivity index (χ4v) is 3.03. The van der Waals surface area contributed by atoms with Gasteiger partial charge in [-0.2, -0.15) is 0 Å². The van der Waals surface area contributed by atoms with Crippen LogP contribution in [0, 0.1) is 0 Å². The topological polar surface area (TPSA) is 30.5 Å². The smallest absolute Gasteiger partial charge is 0.0195 e. The van der Waals surface area contributed by atoms with Gasteiger partial charge in [-0.1, -0.05) is 0 Å². The zero-order valence-electron chi connectivity index (χ0n) is 12.0. The number of hydrogen-bond donors (Lipinski definition) is 2. The van der Waals surface area contributed by atoms with Crippen molar-refractivity contribution in [3.63, 3.8) is 0 Å². The Hall–Kier alpha value is -0.160. The average molecular weight is 254 g/mol. The first-order chi connectivity index (χ1) is 8.84. The zero-order valence-corrected chi connectivity index (χ0v) is 12.0. The molecule has 0 aliphatic carbocycles. The molecular formula is C14H30N4. The standard InChI is InChI=1S/C14H30N4/c1-17-9-4-5-14(13-17)16-6-2-3-10-18-11-7-15-8-12-18/h14-16H,2-13H2,1H3. The molecule has 106 valence electrons. The van der Waals surface area contributed by atoms with Crippen LogP contribution >= 0.6 is 0 Å². The maximum atomic E-state index is 3.72. The Balaban J connectivity index is 1.45. The number of unbranched alkanes of at least 4 members (excludes halogenated alkanes) is 1. The van der Waals surface area contributed by atoms with Gasteiger partial charge in [0.25, 0.3) is 0 Å². The number of piperidine rings is 1. The molecule has 2 N–H and O–H groups in total. The van der Waals surface area contributed by atoms with E-state index in [0.29, 0.717) is 0 Å². The van der Waals surface area contributed by atoms with Crippen LogP contribution in [0.1, 0.15) is 25.7 Å². The van der Waals surface area contributed by atoms with Gasteiger partial charge in [0, 0.05) is 38.8 Å². The van der Waals surface area contributed by atoms with Gasteiger partial charge in [-0.3, -0.25) is 0 Å². The number of piperazine rings is 1. The predicted octanol–water partition coefficient (Wildman–Crippen LogP) is 0.356. The summed E-state index contributed by atoms with van der Waals surface area (Å²) in [4.78, 5) is 5.03. The van der Waals surface area contributed by atoms with Crippen molar-refractivity contribution >= 4 is 0 Å². The number of hydrogen-bond acceptors (Lipinski definition) is 4. The molecular weight excluding hydrogens is 224 g/mol. The Morgan fingerprint density at radius 2 is 2.00 bits per heavy atom. The molecule has 4 nitrogen and oxygen atoms in total. The number of rotatable bonds is 6. The van der Waals surface area contributed by atoms with E-state index in [9.17, 15) is 0 Å². The van der Waals surface area contributed by atoms with Crippen molar-refractivity contribution < 1.29 is 0 Å². The van der Waals surface area contributed by atoms with E-state index in [1.165, 1.54) is 78.0 Å². The van der Waals surface area contributed by atoms with Crippen molar-refractivity contribution in [3.05, 3.63) is 0 Å². The highest BCUT2D eigenvalue weighted by Crippen LogP contribution is 2.07. The van der Waals surface area contributed by atoms with Crippen LogP contribution in [0.25, 0.3) is 0 Å². The molecule has 18 heavy (non-hydrogen) atoms. The van der Waals surface area contributed by atoms with Crippen molar-refractivity contribution in [2.45, 2.75) is 31.7 Å². The summed E-state index contributed by atoms with van der Waals surface area (Å²) in [6.45, 7) is 9.82. The van der Waals surface area contributed by atoms with Crippen LogP contribution in [0.5, 0.6) is 0 Å². The Kier molecular flexibility index (Phi) is 6.41. The molecule has 2 heterocycles. The van der Waals surface area contributed by atoms with Crippen molar-refractivity contribution in [2.75, 3.05) is 59.4 Å². The summed E-state index contributed by atoms with van der Waals surface area (Å²) in [6.07, 6.45) is 5.39. The molecule has 4 heteroatoms. The molecule has 0 aromatic rings. The predicted molar refractivity (Wildman–Crippen MR) is 77.1 cm³/mol. The highest BCUT2D eigenvalue weighted by molar-refractivity contribution is 4.76. The maximum absolute atomic E-state index is 3.72. The Bertz CT molecular complexity index is 216. The van der Waals surface area contributed by atoms with Gasteiger partial charge in [0.15, 0.2) is 0 Å². The molecule has 0 saturated carbocycles.